The van der Waals surface area contributed by atoms with Gasteiger partial charge in [0.2, 0.25) is 0 Å². The largest absolute Gasteiger partial charge is 0.379 e. The van der Waals surface area contributed by atoms with Crippen LogP contribution in [0.4, 0.5) is 4.79 Å². The molecule has 0 aliphatic carbocycles. The lowest BCUT2D eigenvalue weighted by Crippen LogP contribution is -2.54. The number of rotatable bonds is 1. The van der Waals surface area contributed by atoms with Gasteiger partial charge in [0.15, 0.2) is 0 Å². The lowest BCUT2D eigenvalue weighted by atomic mass is 9.98. The number of piperidine rings is 1. The molecule has 3 atom stereocenters. The van der Waals surface area contributed by atoms with Crippen LogP contribution >= 0.6 is 0 Å². The van der Waals surface area contributed by atoms with Crippen molar-refractivity contribution in [3.8, 4) is 0 Å². The number of ether oxygens (including phenoxy) is 1. The number of hydrogen-bond donors (Lipinski definition) is 1. The Morgan fingerprint density at radius 2 is 1.94 bits per heavy atom. The predicted octanol–water partition coefficient (Wildman–Crippen LogP) is 1.75. The van der Waals surface area contributed by atoms with Gasteiger partial charge in [0, 0.05) is 18.7 Å². The standard InChI is InChI=1S/C12H22N2O2/c1-9-4-3-5-10(2)14(9)12(15)13-11-6-7-16-8-11/h9-11H,3-8H2,1-2H3,(H,13,15). The molecule has 1 N–H and O–H groups in total. The summed E-state index contributed by atoms with van der Waals surface area (Å²) in [5, 5.41) is 3.07. The maximum atomic E-state index is 12.1. The summed E-state index contributed by atoms with van der Waals surface area (Å²) < 4.78 is 5.27. The highest BCUT2D eigenvalue weighted by atomic mass is 16.5. The first-order chi connectivity index (χ1) is 7.68. The number of likely N-dealkylation sites (tertiary alicyclic amines) is 1. The van der Waals surface area contributed by atoms with Crippen LogP contribution < -0.4 is 5.32 Å². The van der Waals surface area contributed by atoms with E-state index in [9.17, 15) is 4.79 Å². The monoisotopic (exact) mass is 226 g/mol. The summed E-state index contributed by atoms with van der Waals surface area (Å²) >= 11 is 0. The normalized spacial score (nSPS) is 35.1. The van der Waals surface area contributed by atoms with Gasteiger partial charge in [-0.15, -0.1) is 0 Å². The van der Waals surface area contributed by atoms with Crippen LogP contribution in [0.2, 0.25) is 0 Å². The first kappa shape index (κ1) is 11.7. The maximum Gasteiger partial charge on any atom is 0.318 e. The molecule has 92 valence electrons. The van der Waals surface area contributed by atoms with Crippen molar-refractivity contribution in [3.05, 3.63) is 0 Å². The topological polar surface area (TPSA) is 41.6 Å². The van der Waals surface area contributed by atoms with Gasteiger partial charge >= 0.3 is 6.03 Å². The predicted molar refractivity (Wildman–Crippen MR) is 62.4 cm³/mol. The Bertz CT molecular complexity index is 241. The van der Waals surface area contributed by atoms with E-state index in [0.717, 1.165) is 25.9 Å². The molecular weight excluding hydrogens is 204 g/mol. The third kappa shape index (κ3) is 2.48. The zero-order valence-electron chi connectivity index (χ0n) is 10.2. The summed E-state index contributed by atoms with van der Waals surface area (Å²) in [5.74, 6) is 0. The fourth-order valence-electron chi connectivity index (χ4n) is 2.72. The van der Waals surface area contributed by atoms with E-state index in [4.69, 9.17) is 4.74 Å². The van der Waals surface area contributed by atoms with Crippen LogP contribution in [-0.4, -0.2) is 42.3 Å². The van der Waals surface area contributed by atoms with Gasteiger partial charge in [-0.25, -0.2) is 4.79 Å². The van der Waals surface area contributed by atoms with E-state index in [-0.39, 0.29) is 12.1 Å². The molecule has 2 rings (SSSR count). The molecule has 4 heteroatoms. The van der Waals surface area contributed by atoms with E-state index in [1.54, 1.807) is 0 Å². The molecule has 2 aliphatic rings. The second kappa shape index (κ2) is 5.04. The number of carbonyl (C=O) groups is 1. The Morgan fingerprint density at radius 3 is 2.50 bits per heavy atom. The molecule has 2 amide bonds. The summed E-state index contributed by atoms with van der Waals surface area (Å²) in [6.45, 7) is 5.72. The van der Waals surface area contributed by atoms with Gasteiger partial charge < -0.3 is 15.0 Å². The van der Waals surface area contributed by atoms with E-state index in [1.165, 1.54) is 6.42 Å². The van der Waals surface area contributed by atoms with Gasteiger partial charge in [0.1, 0.15) is 0 Å². The first-order valence-corrected chi connectivity index (χ1v) is 6.35. The summed E-state index contributed by atoms with van der Waals surface area (Å²) in [6.07, 6.45) is 4.43. The summed E-state index contributed by atoms with van der Waals surface area (Å²) in [5.41, 5.74) is 0. The second-order valence-electron chi connectivity index (χ2n) is 5.05. The fraction of sp³-hybridized carbons (Fsp3) is 0.917. The molecule has 0 aromatic rings. The molecule has 3 unspecified atom stereocenters. The van der Waals surface area contributed by atoms with Crippen molar-refractivity contribution in [3.63, 3.8) is 0 Å². The van der Waals surface area contributed by atoms with Crippen molar-refractivity contribution in [1.29, 1.82) is 0 Å². The van der Waals surface area contributed by atoms with E-state index < -0.39 is 0 Å². The van der Waals surface area contributed by atoms with Crippen LogP contribution in [0, 0.1) is 0 Å². The van der Waals surface area contributed by atoms with Crippen LogP contribution in [0.15, 0.2) is 0 Å². The second-order valence-corrected chi connectivity index (χ2v) is 5.05. The van der Waals surface area contributed by atoms with Crippen molar-refractivity contribution < 1.29 is 9.53 Å². The highest BCUT2D eigenvalue weighted by Gasteiger charge is 2.30. The summed E-state index contributed by atoms with van der Waals surface area (Å²) in [4.78, 5) is 14.1. The zero-order valence-corrected chi connectivity index (χ0v) is 10.2. The Morgan fingerprint density at radius 1 is 1.25 bits per heavy atom. The van der Waals surface area contributed by atoms with E-state index >= 15 is 0 Å². The molecule has 0 aromatic heterocycles. The minimum absolute atomic E-state index is 0.0928. The molecule has 2 saturated heterocycles. The molecule has 0 radical (unpaired) electrons. The van der Waals surface area contributed by atoms with Crippen molar-refractivity contribution >= 4 is 6.03 Å². The van der Waals surface area contributed by atoms with Gasteiger partial charge in [0.25, 0.3) is 0 Å². The minimum Gasteiger partial charge on any atom is -0.379 e. The maximum absolute atomic E-state index is 12.1. The summed E-state index contributed by atoms with van der Waals surface area (Å²) in [6, 6.07) is 1.04. The third-order valence-electron chi connectivity index (χ3n) is 3.69. The molecule has 2 heterocycles. The van der Waals surface area contributed by atoms with Crippen LogP contribution in [0.25, 0.3) is 0 Å². The number of hydrogen-bond acceptors (Lipinski definition) is 2. The Balaban J connectivity index is 1.90. The third-order valence-corrected chi connectivity index (χ3v) is 3.69. The highest BCUT2D eigenvalue weighted by molar-refractivity contribution is 5.75. The number of amides is 2. The van der Waals surface area contributed by atoms with Gasteiger partial charge in [-0.05, 0) is 39.5 Å². The molecule has 0 bridgehead atoms. The van der Waals surface area contributed by atoms with E-state index in [0.29, 0.717) is 18.7 Å². The first-order valence-electron chi connectivity index (χ1n) is 6.35. The van der Waals surface area contributed by atoms with Gasteiger partial charge in [0.05, 0.1) is 12.6 Å². The van der Waals surface area contributed by atoms with Crippen molar-refractivity contribution in [1.82, 2.24) is 10.2 Å². The van der Waals surface area contributed by atoms with Gasteiger partial charge in [-0.1, -0.05) is 0 Å². The Kier molecular flexibility index (Phi) is 3.69. The molecule has 0 saturated carbocycles. The molecule has 0 spiro atoms. The lowest BCUT2D eigenvalue weighted by Gasteiger charge is -2.39. The van der Waals surface area contributed by atoms with E-state index in [1.807, 2.05) is 4.90 Å². The fourth-order valence-corrected chi connectivity index (χ4v) is 2.72. The average Bonchev–Trinajstić information content (AvgIpc) is 2.70. The quantitative estimate of drug-likeness (QED) is 0.740. The van der Waals surface area contributed by atoms with Crippen LogP contribution in [0.3, 0.4) is 0 Å². The zero-order chi connectivity index (χ0) is 11.5. The SMILES string of the molecule is CC1CCCC(C)N1C(=O)NC1CCOC1. The molecule has 2 fully saturated rings. The molecule has 0 aromatic carbocycles. The van der Waals surface area contributed by atoms with Gasteiger partial charge in [-0.3, -0.25) is 0 Å². The lowest BCUT2D eigenvalue weighted by molar-refractivity contribution is 0.119. The molecule has 2 aliphatic heterocycles. The smallest absolute Gasteiger partial charge is 0.318 e. The summed E-state index contributed by atoms with van der Waals surface area (Å²) in [7, 11) is 0. The minimum atomic E-state index is 0.0928. The molecule has 4 nitrogen and oxygen atoms in total. The Hall–Kier alpha value is -0.770. The van der Waals surface area contributed by atoms with Gasteiger partial charge in [-0.2, -0.15) is 0 Å². The molecule has 16 heavy (non-hydrogen) atoms. The number of nitrogens with zero attached hydrogens (tertiary/aromatic N) is 1. The average molecular weight is 226 g/mol. The number of urea groups is 1. The van der Waals surface area contributed by atoms with Crippen LogP contribution in [-0.2, 0) is 4.74 Å². The number of nitrogens with one attached hydrogen (secondary N) is 1. The van der Waals surface area contributed by atoms with Crippen molar-refractivity contribution in [2.24, 2.45) is 0 Å². The Labute approximate surface area is 97.3 Å². The highest BCUT2D eigenvalue weighted by Crippen LogP contribution is 2.22. The molecular formula is C12H22N2O2. The van der Waals surface area contributed by atoms with E-state index in [2.05, 4.69) is 19.2 Å². The van der Waals surface area contributed by atoms with Crippen LogP contribution in [0.1, 0.15) is 39.5 Å². The van der Waals surface area contributed by atoms with Crippen molar-refractivity contribution in [2.75, 3.05) is 13.2 Å². The van der Waals surface area contributed by atoms with Crippen LogP contribution in [0.5, 0.6) is 0 Å². The number of carbonyl (C=O) groups excluding carboxylic acids is 1. The van der Waals surface area contributed by atoms with Crippen molar-refractivity contribution in [2.45, 2.75) is 57.7 Å².